The number of nitrogens with two attached hydrogens (primary N) is 1. The molecule has 134 valence electrons. The van der Waals surface area contributed by atoms with Crippen LogP contribution in [0, 0.1) is 6.92 Å². The van der Waals surface area contributed by atoms with Crippen LogP contribution in [0.5, 0.6) is 0 Å². The summed E-state index contributed by atoms with van der Waals surface area (Å²) in [6.07, 6.45) is 3.25. The highest BCUT2D eigenvalue weighted by molar-refractivity contribution is 5.93. The second kappa shape index (κ2) is 8.01. The van der Waals surface area contributed by atoms with E-state index in [1.165, 1.54) is 6.33 Å². The van der Waals surface area contributed by atoms with E-state index in [9.17, 15) is 0 Å². The Hall–Kier alpha value is -3.87. The summed E-state index contributed by atoms with van der Waals surface area (Å²) in [5.41, 5.74) is 11.5. The van der Waals surface area contributed by atoms with E-state index in [0.29, 0.717) is 5.82 Å². The Morgan fingerprint density at radius 3 is 2.63 bits per heavy atom. The van der Waals surface area contributed by atoms with E-state index in [0.717, 1.165) is 39.1 Å². The zero-order valence-electron chi connectivity index (χ0n) is 14.6. The molecule has 4 rings (SSSR count). The molecule has 0 aliphatic heterocycles. The van der Waals surface area contributed by atoms with Gasteiger partial charge in [-0.2, -0.15) is 0 Å². The molecule has 0 bridgehead atoms. The van der Waals surface area contributed by atoms with Crippen molar-refractivity contribution in [2.45, 2.75) is 6.92 Å². The number of hydrogen-bond donors (Lipinski definition) is 2. The van der Waals surface area contributed by atoms with Gasteiger partial charge in [0.1, 0.15) is 12.1 Å². The van der Waals surface area contributed by atoms with Gasteiger partial charge >= 0.3 is 0 Å². The van der Waals surface area contributed by atoms with Gasteiger partial charge in [-0.3, -0.25) is 14.8 Å². The molecule has 0 saturated heterocycles. The van der Waals surface area contributed by atoms with Crippen LogP contribution >= 0.6 is 0 Å². The van der Waals surface area contributed by atoms with Gasteiger partial charge in [0.25, 0.3) is 6.47 Å². The number of aryl methyl sites for hydroxylation is 1. The van der Waals surface area contributed by atoms with E-state index in [4.69, 9.17) is 15.6 Å². The second-order valence-corrected chi connectivity index (χ2v) is 5.66. The highest BCUT2D eigenvalue weighted by atomic mass is 16.3. The third-order valence-corrected chi connectivity index (χ3v) is 3.92. The number of anilines is 1. The maximum atomic E-state index is 8.36. The summed E-state index contributed by atoms with van der Waals surface area (Å²) in [5, 5.41) is 7.72. The van der Waals surface area contributed by atoms with Crippen molar-refractivity contribution in [3.05, 3.63) is 66.7 Å². The lowest BCUT2D eigenvalue weighted by atomic mass is 10.00. The van der Waals surface area contributed by atoms with Gasteiger partial charge in [0, 0.05) is 22.8 Å². The molecule has 3 N–H and O–H groups in total. The average Bonchev–Trinajstić information content (AvgIpc) is 2.69. The first-order valence-corrected chi connectivity index (χ1v) is 8.11. The molecule has 3 aromatic heterocycles. The van der Waals surface area contributed by atoms with Gasteiger partial charge in [-0.05, 0) is 42.8 Å². The summed E-state index contributed by atoms with van der Waals surface area (Å²) in [5.74, 6) is 0.473. The molecule has 1 aromatic carbocycles. The van der Waals surface area contributed by atoms with E-state index in [-0.39, 0.29) is 6.47 Å². The van der Waals surface area contributed by atoms with Crippen LogP contribution in [-0.2, 0) is 4.79 Å². The minimum Gasteiger partial charge on any atom is -0.483 e. The molecule has 0 saturated carbocycles. The van der Waals surface area contributed by atoms with E-state index in [2.05, 4.69) is 19.9 Å². The number of carboxylic acid groups (broad SMARTS) is 1. The molecule has 27 heavy (non-hydrogen) atoms. The Bertz CT molecular complexity index is 1100. The SMILES string of the molecule is Cc1cccc(-c2ncccc2-c2ccc3ncnc(N)c3c2)n1.O=CO. The number of fused-ring (bicyclic) bond motifs is 1. The first-order valence-electron chi connectivity index (χ1n) is 8.11. The zero-order chi connectivity index (χ0) is 19.2. The molecule has 7 heteroatoms. The number of hydrogen-bond acceptors (Lipinski definition) is 6. The van der Waals surface area contributed by atoms with E-state index < -0.39 is 0 Å². The number of carbonyl (C=O) groups is 1. The van der Waals surface area contributed by atoms with Crippen LogP contribution < -0.4 is 5.73 Å². The molecule has 0 unspecified atom stereocenters. The number of nitrogens with zero attached hydrogens (tertiary/aromatic N) is 4. The summed E-state index contributed by atoms with van der Waals surface area (Å²) in [6.45, 7) is 1.72. The molecule has 0 atom stereocenters. The monoisotopic (exact) mass is 359 g/mol. The van der Waals surface area contributed by atoms with Gasteiger partial charge in [-0.15, -0.1) is 0 Å². The highest BCUT2D eigenvalue weighted by Gasteiger charge is 2.11. The minimum atomic E-state index is -0.250. The van der Waals surface area contributed by atoms with Crippen LogP contribution in [0.4, 0.5) is 5.82 Å². The van der Waals surface area contributed by atoms with Crippen LogP contribution in [0.1, 0.15) is 5.69 Å². The van der Waals surface area contributed by atoms with Crippen molar-refractivity contribution in [2.75, 3.05) is 5.73 Å². The first kappa shape index (κ1) is 17.9. The molecule has 0 radical (unpaired) electrons. The molecular formula is C20H17N5O2. The Labute approximate surface area is 155 Å². The number of benzene rings is 1. The van der Waals surface area contributed by atoms with Crippen LogP contribution in [0.15, 0.2) is 61.1 Å². The van der Waals surface area contributed by atoms with Crippen molar-refractivity contribution in [1.29, 1.82) is 0 Å². The van der Waals surface area contributed by atoms with Crippen molar-refractivity contribution < 1.29 is 9.90 Å². The van der Waals surface area contributed by atoms with Gasteiger partial charge < -0.3 is 10.8 Å². The standard InChI is InChI=1S/C19H15N5.CH2O2/c1-12-4-2-6-17(24-12)18-14(5-3-9-21-18)13-7-8-16-15(10-13)19(20)23-11-22-16;2-1-3/h2-11H,1H3,(H2,20,22,23);1H,(H,2,3). The van der Waals surface area contributed by atoms with E-state index in [1.54, 1.807) is 6.20 Å². The minimum absolute atomic E-state index is 0.250. The topological polar surface area (TPSA) is 115 Å². The molecular weight excluding hydrogens is 342 g/mol. The normalized spacial score (nSPS) is 10.1. The van der Waals surface area contributed by atoms with E-state index >= 15 is 0 Å². The first-order chi connectivity index (χ1) is 13.1. The quantitative estimate of drug-likeness (QED) is 0.527. The number of rotatable bonds is 2. The van der Waals surface area contributed by atoms with Gasteiger partial charge in [0.2, 0.25) is 0 Å². The van der Waals surface area contributed by atoms with Gasteiger partial charge in [0.05, 0.1) is 16.9 Å². The Morgan fingerprint density at radius 2 is 1.85 bits per heavy atom. The lowest BCUT2D eigenvalue weighted by Gasteiger charge is -2.10. The average molecular weight is 359 g/mol. The molecule has 3 heterocycles. The van der Waals surface area contributed by atoms with Crippen molar-refractivity contribution >= 4 is 23.2 Å². The zero-order valence-corrected chi connectivity index (χ0v) is 14.6. The molecule has 0 spiro atoms. The fourth-order valence-electron chi connectivity index (χ4n) is 2.76. The number of nitrogen functional groups attached to an aromatic ring is 1. The summed E-state index contributed by atoms with van der Waals surface area (Å²) in [4.78, 5) is 25.8. The third kappa shape index (κ3) is 3.87. The smallest absolute Gasteiger partial charge is 0.290 e. The Kier molecular flexibility index (Phi) is 5.32. The summed E-state index contributed by atoms with van der Waals surface area (Å²) in [6, 6.07) is 15.9. The van der Waals surface area contributed by atoms with Crippen LogP contribution in [-0.4, -0.2) is 31.5 Å². The van der Waals surface area contributed by atoms with Gasteiger partial charge in [0.15, 0.2) is 0 Å². The van der Waals surface area contributed by atoms with Crippen molar-refractivity contribution in [1.82, 2.24) is 19.9 Å². The van der Waals surface area contributed by atoms with E-state index in [1.807, 2.05) is 55.5 Å². The van der Waals surface area contributed by atoms with Crippen molar-refractivity contribution in [2.24, 2.45) is 0 Å². The maximum absolute atomic E-state index is 8.36. The van der Waals surface area contributed by atoms with Crippen LogP contribution in [0.3, 0.4) is 0 Å². The van der Waals surface area contributed by atoms with Crippen LogP contribution in [0.25, 0.3) is 33.4 Å². The summed E-state index contributed by atoms with van der Waals surface area (Å²) >= 11 is 0. The van der Waals surface area contributed by atoms with Gasteiger partial charge in [-0.25, -0.2) is 9.97 Å². The van der Waals surface area contributed by atoms with Crippen molar-refractivity contribution in [3.63, 3.8) is 0 Å². The molecule has 4 aromatic rings. The Morgan fingerprint density at radius 1 is 1.04 bits per heavy atom. The van der Waals surface area contributed by atoms with Gasteiger partial charge in [-0.1, -0.05) is 18.2 Å². The molecule has 0 aliphatic rings. The predicted octanol–water partition coefficient (Wildman–Crippen LogP) is 3.35. The summed E-state index contributed by atoms with van der Waals surface area (Å²) in [7, 11) is 0. The molecule has 0 aliphatic carbocycles. The lowest BCUT2D eigenvalue weighted by Crippen LogP contribution is -1.95. The fourth-order valence-corrected chi connectivity index (χ4v) is 2.76. The molecule has 0 amide bonds. The largest absolute Gasteiger partial charge is 0.483 e. The highest BCUT2D eigenvalue weighted by Crippen LogP contribution is 2.31. The summed E-state index contributed by atoms with van der Waals surface area (Å²) < 4.78 is 0. The lowest BCUT2D eigenvalue weighted by molar-refractivity contribution is -0.122. The number of aromatic nitrogens is 4. The third-order valence-electron chi connectivity index (χ3n) is 3.92. The Balaban J connectivity index is 0.000000659. The number of pyridine rings is 2. The second-order valence-electron chi connectivity index (χ2n) is 5.66. The van der Waals surface area contributed by atoms with Crippen LogP contribution in [0.2, 0.25) is 0 Å². The van der Waals surface area contributed by atoms with Crippen molar-refractivity contribution in [3.8, 4) is 22.5 Å². The molecule has 0 fully saturated rings. The predicted molar refractivity (Wildman–Crippen MR) is 104 cm³/mol. The maximum Gasteiger partial charge on any atom is 0.290 e. The fraction of sp³-hybridized carbons (Fsp3) is 0.0500. The molecule has 7 nitrogen and oxygen atoms in total.